The van der Waals surface area contributed by atoms with Gasteiger partial charge in [-0.05, 0) is 46.1 Å². The van der Waals surface area contributed by atoms with Crippen molar-refractivity contribution in [2.24, 2.45) is 0 Å². The van der Waals surface area contributed by atoms with Crippen LogP contribution in [0.1, 0.15) is 12.5 Å². The predicted molar refractivity (Wildman–Crippen MR) is 85.4 cm³/mol. The van der Waals surface area contributed by atoms with Crippen molar-refractivity contribution in [3.05, 3.63) is 55.1 Å². The molecule has 0 spiro atoms. The Kier molecular flexibility index (Phi) is 4.72. The van der Waals surface area contributed by atoms with Crippen LogP contribution in [0.25, 0.3) is 0 Å². The smallest absolute Gasteiger partial charge is 0.312 e. The normalized spacial score (nSPS) is 10.3. The Balaban J connectivity index is 2.42. The molecule has 20 heavy (non-hydrogen) atoms. The second kappa shape index (κ2) is 6.32. The summed E-state index contributed by atoms with van der Waals surface area (Å²) >= 11 is 6.60. The van der Waals surface area contributed by atoms with Crippen LogP contribution in [0.3, 0.4) is 0 Å². The number of halogens is 2. The fourth-order valence-electron chi connectivity index (χ4n) is 1.77. The van der Waals surface area contributed by atoms with E-state index in [4.69, 9.17) is 0 Å². The summed E-state index contributed by atoms with van der Waals surface area (Å²) in [7, 11) is 0. The molecule has 1 aromatic carbocycles. The lowest BCUT2D eigenvalue weighted by atomic mass is 10.1. The van der Waals surface area contributed by atoms with E-state index in [0.717, 1.165) is 22.1 Å². The van der Waals surface area contributed by atoms with Gasteiger partial charge in [0.05, 0.1) is 4.92 Å². The van der Waals surface area contributed by atoms with E-state index in [9.17, 15) is 10.1 Å². The summed E-state index contributed by atoms with van der Waals surface area (Å²) in [5, 5.41) is 14.1. The third-order valence-corrected chi connectivity index (χ3v) is 3.66. The maximum atomic E-state index is 11.1. The molecule has 0 radical (unpaired) electrons. The number of aromatic nitrogens is 1. The van der Waals surface area contributed by atoms with Crippen LogP contribution in [0.2, 0.25) is 0 Å². The van der Waals surface area contributed by atoms with Crippen LogP contribution in [-0.2, 0) is 6.42 Å². The van der Waals surface area contributed by atoms with Gasteiger partial charge >= 0.3 is 5.69 Å². The fourth-order valence-corrected chi connectivity index (χ4v) is 2.50. The standard InChI is InChI=1S/C13H11Br2N3O2/c1-2-8-5-9(14)3-4-11(8)17-13-12(18(19)20)6-10(15)7-16-13/h3-7H,2H2,1H3,(H,16,17). The number of benzene rings is 1. The molecular weight excluding hydrogens is 390 g/mol. The molecule has 1 aromatic heterocycles. The molecule has 1 heterocycles. The van der Waals surface area contributed by atoms with Gasteiger partial charge in [0, 0.05) is 26.9 Å². The Morgan fingerprint density at radius 1 is 1.30 bits per heavy atom. The van der Waals surface area contributed by atoms with Gasteiger partial charge in [0.1, 0.15) is 0 Å². The van der Waals surface area contributed by atoms with Crippen LogP contribution < -0.4 is 5.32 Å². The van der Waals surface area contributed by atoms with Crippen molar-refractivity contribution in [2.75, 3.05) is 5.32 Å². The molecule has 0 bridgehead atoms. The minimum absolute atomic E-state index is 0.0654. The molecular formula is C13H11Br2N3O2. The van der Waals surface area contributed by atoms with Crippen LogP contribution in [0, 0.1) is 10.1 Å². The predicted octanol–water partition coefficient (Wildman–Crippen LogP) is 4.82. The molecule has 0 amide bonds. The van der Waals surface area contributed by atoms with Crippen molar-refractivity contribution < 1.29 is 4.92 Å². The number of nitrogens with one attached hydrogen (secondary N) is 1. The lowest BCUT2D eigenvalue weighted by Crippen LogP contribution is -2.01. The van der Waals surface area contributed by atoms with E-state index in [2.05, 4.69) is 42.2 Å². The Labute approximate surface area is 132 Å². The van der Waals surface area contributed by atoms with E-state index in [1.54, 1.807) is 0 Å². The monoisotopic (exact) mass is 399 g/mol. The lowest BCUT2D eigenvalue weighted by Gasteiger charge is -2.11. The van der Waals surface area contributed by atoms with E-state index in [-0.39, 0.29) is 11.5 Å². The highest BCUT2D eigenvalue weighted by Gasteiger charge is 2.17. The number of pyridine rings is 1. The molecule has 2 rings (SSSR count). The molecule has 5 nitrogen and oxygen atoms in total. The highest BCUT2D eigenvalue weighted by molar-refractivity contribution is 9.10. The van der Waals surface area contributed by atoms with Crippen LogP contribution >= 0.6 is 31.9 Å². The highest BCUT2D eigenvalue weighted by Crippen LogP contribution is 2.30. The number of hydrogen-bond donors (Lipinski definition) is 1. The summed E-state index contributed by atoms with van der Waals surface area (Å²) in [5.74, 6) is 0.232. The molecule has 104 valence electrons. The van der Waals surface area contributed by atoms with Crippen molar-refractivity contribution in [3.63, 3.8) is 0 Å². The van der Waals surface area contributed by atoms with Crippen molar-refractivity contribution in [1.29, 1.82) is 0 Å². The topological polar surface area (TPSA) is 68.1 Å². The molecule has 2 aromatic rings. The molecule has 0 saturated carbocycles. The summed E-state index contributed by atoms with van der Waals surface area (Å²) in [5.41, 5.74) is 1.80. The van der Waals surface area contributed by atoms with Crippen LogP contribution in [-0.4, -0.2) is 9.91 Å². The van der Waals surface area contributed by atoms with Crippen LogP contribution in [0.15, 0.2) is 39.4 Å². The van der Waals surface area contributed by atoms with Gasteiger partial charge in [0.15, 0.2) is 0 Å². The molecule has 0 aliphatic heterocycles. The van der Waals surface area contributed by atoms with Crippen molar-refractivity contribution in [3.8, 4) is 0 Å². The van der Waals surface area contributed by atoms with Gasteiger partial charge in [-0.1, -0.05) is 22.9 Å². The van der Waals surface area contributed by atoms with Crippen LogP contribution in [0.4, 0.5) is 17.2 Å². The third-order valence-electron chi connectivity index (χ3n) is 2.73. The summed E-state index contributed by atoms with van der Waals surface area (Å²) < 4.78 is 1.54. The number of rotatable bonds is 4. The maximum absolute atomic E-state index is 11.1. The van der Waals surface area contributed by atoms with Gasteiger partial charge in [-0.3, -0.25) is 10.1 Å². The summed E-state index contributed by atoms with van der Waals surface area (Å²) in [6.07, 6.45) is 2.34. The number of anilines is 2. The van der Waals surface area contributed by atoms with Gasteiger partial charge in [-0.25, -0.2) is 4.98 Å². The zero-order valence-corrected chi connectivity index (χ0v) is 13.7. The van der Waals surface area contributed by atoms with E-state index in [1.807, 2.05) is 25.1 Å². The average molecular weight is 401 g/mol. The zero-order valence-electron chi connectivity index (χ0n) is 10.6. The Morgan fingerprint density at radius 3 is 2.70 bits per heavy atom. The number of nitrogens with zero attached hydrogens (tertiary/aromatic N) is 2. The largest absolute Gasteiger partial charge is 0.334 e. The second-order valence-electron chi connectivity index (χ2n) is 4.06. The van der Waals surface area contributed by atoms with Gasteiger partial charge in [-0.2, -0.15) is 0 Å². The van der Waals surface area contributed by atoms with Gasteiger partial charge in [0.2, 0.25) is 5.82 Å². The van der Waals surface area contributed by atoms with Crippen LogP contribution in [0.5, 0.6) is 0 Å². The van der Waals surface area contributed by atoms with Crippen molar-refractivity contribution >= 4 is 49.1 Å². The Hall–Kier alpha value is -1.47. The molecule has 0 unspecified atom stereocenters. The first-order valence-corrected chi connectivity index (χ1v) is 7.45. The van der Waals surface area contributed by atoms with Crippen molar-refractivity contribution in [1.82, 2.24) is 4.98 Å². The third kappa shape index (κ3) is 3.34. The van der Waals surface area contributed by atoms with Gasteiger partial charge in [-0.15, -0.1) is 0 Å². The van der Waals surface area contributed by atoms with E-state index in [1.165, 1.54) is 12.3 Å². The summed E-state index contributed by atoms with van der Waals surface area (Å²) in [6, 6.07) is 7.16. The molecule has 0 aliphatic carbocycles. The summed E-state index contributed by atoms with van der Waals surface area (Å²) in [6.45, 7) is 2.02. The minimum atomic E-state index is -0.454. The van der Waals surface area contributed by atoms with E-state index >= 15 is 0 Å². The SMILES string of the molecule is CCc1cc(Br)ccc1Nc1ncc(Br)cc1[N+](=O)[O-]. The molecule has 0 atom stereocenters. The zero-order chi connectivity index (χ0) is 14.7. The maximum Gasteiger partial charge on any atom is 0.312 e. The molecule has 7 heteroatoms. The molecule has 1 N–H and O–H groups in total. The minimum Gasteiger partial charge on any atom is -0.334 e. The first kappa shape index (κ1) is 14.9. The average Bonchev–Trinajstić information content (AvgIpc) is 2.42. The first-order valence-electron chi connectivity index (χ1n) is 5.86. The molecule has 0 saturated heterocycles. The fraction of sp³-hybridized carbons (Fsp3) is 0.154. The van der Waals surface area contributed by atoms with Gasteiger partial charge < -0.3 is 5.32 Å². The van der Waals surface area contributed by atoms with Gasteiger partial charge in [0.25, 0.3) is 0 Å². The Bertz CT molecular complexity index is 662. The second-order valence-corrected chi connectivity index (χ2v) is 5.89. The Morgan fingerprint density at radius 2 is 2.05 bits per heavy atom. The number of hydrogen-bond acceptors (Lipinski definition) is 4. The van der Waals surface area contributed by atoms with E-state index < -0.39 is 4.92 Å². The number of nitro groups is 1. The van der Waals surface area contributed by atoms with E-state index in [0.29, 0.717) is 4.47 Å². The summed E-state index contributed by atoms with van der Waals surface area (Å²) in [4.78, 5) is 14.7. The first-order chi connectivity index (χ1) is 9.51. The quantitative estimate of drug-likeness (QED) is 0.589. The molecule has 0 aliphatic rings. The molecule has 0 fully saturated rings. The highest BCUT2D eigenvalue weighted by atomic mass is 79.9. The van der Waals surface area contributed by atoms with Crippen molar-refractivity contribution in [2.45, 2.75) is 13.3 Å². The number of aryl methyl sites for hydroxylation is 1. The lowest BCUT2D eigenvalue weighted by molar-refractivity contribution is -0.384.